The first-order valence-corrected chi connectivity index (χ1v) is 19.8. The number of hydrogen-bond acceptors (Lipinski definition) is 14. The topological polar surface area (TPSA) is 177 Å². The molecule has 0 amide bonds. The maximum absolute atomic E-state index is 14.9. The molecule has 4 bridgehead atoms. The van der Waals surface area contributed by atoms with Crippen molar-refractivity contribution in [2.75, 3.05) is 39.9 Å². The third-order valence-electron chi connectivity index (χ3n) is 12.6. The van der Waals surface area contributed by atoms with Crippen molar-refractivity contribution >= 4 is 34.6 Å². The largest absolute Gasteiger partial charge is 0.504 e. The molecule has 14 nitrogen and oxygen atoms in total. The number of benzene rings is 3. The second-order valence-electron chi connectivity index (χ2n) is 15.4. The van der Waals surface area contributed by atoms with E-state index in [-0.39, 0.29) is 30.9 Å². The van der Waals surface area contributed by atoms with Crippen LogP contribution in [0.3, 0.4) is 0 Å². The molecule has 4 N–H and O–H groups in total. The fourth-order valence-electron chi connectivity index (χ4n) is 10.4. The van der Waals surface area contributed by atoms with Crippen LogP contribution in [-0.2, 0) is 32.7 Å². The number of ether oxygens (including phenoxy) is 6. The highest BCUT2D eigenvalue weighted by Gasteiger charge is 2.60. The van der Waals surface area contributed by atoms with Crippen LogP contribution in [0.4, 0.5) is 0 Å². The zero-order valence-corrected chi connectivity index (χ0v) is 32.3. The lowest BCUT2D eigenvalue weighted by Gasteiger charge is -2.59. The van der Waals surface area contributed by atoms with Gasteiger partial charge in [0.2, 0.25) is 6.79 Å². The number of rotatable bonds is 3. The molecule has 7 aliphatic heterocycles. The summed E-state index contributed by atoms with van der Waals surface area (Å²) in [7, 11) is 3.17. The molecule has 2 saturated heterocycles. The van der Waals surface area contributed by atoms with Gasteiger partial charge >= 0.3 is 11.9 Å². The van der Waals surface area contributed by atoms with E-state index in [1.165, 1.54) is 18.7 Å². The molecule has 1 spiro atoms. The maximum atomic E-state index is 14.9. The van der Waals surface area contributed by atoms with Crippen molar-refractivity contribution in [1.82, 2.24) is 20.5 Å². The van der Waals surface area contributed by atoms with Crippen LogP contribution in [-0.4, -0.2) is 85.0 Å². The molecule has 11 rings (SSSR count). The van der Waals surface area contributed by atoms with Crippen LogP contribution in [0.25, 0.3) is 10.9 Å². The minimum absolute atomic E-state index is 0.0454. The zero-order chi connectivity index (χ0) is 38.8. The number of thioether (sulfide) groups is 1. The number of carbonyl (C=O) groups is 2. The molecule has 0 aliphatic carbocycles. The number of aromatic nitrogens is 1. The average molecular weight is 780 g/mol. The van der Waals surface area contributed by atoms with Crippen LogP contribution in [0.5, 0.6) is 34.5 Å². The Morgan fingerprint density at radius 3 is 2.68 bits per heavy atom. The van der Waals surface area contributed by atoms with Gasteiger partial charge in [0.1, 0.15) is 24.1 Å². The number of piperazine rings is 1. The van der Waals surface area contributed by atoms with Gasteiger partial charge in [-0.2, -0.15) is 5.26 Å². The summed E-state index contributed by atoms with van der Waals surface area (Å²) in [5.41, 5.74) is 5.76. The van der Waals surface area contributed by atoms with E-state index < -0.39 is 46.9 Å². The molecule has 290 valence electrons. The number of aromatic hydroxyl groups is 1. The highest BCUT2D eigenvalue weighted by atomic mass is 32.2. The first-order chi connectivity index (χ1) is 27.1. The number of nitrogens with zero attached hydrogens (tertiary/aromatic N) is 2. The van der Waals surface area contributed by atoms with E-state index in [0.717, 1.165) is 33.3 Å². The summed E-state index contributed by atoms with van der Waals surface area (Å²) < 4.78 is 36.2. The number of phenols is 1. The normalized spacial score (nSPS) is 28.4. The summed E-state index contributed by atoms with van der Waals surface area (Å²) in [5.74, 6) is 1.70. The molecule has 8 heterocycles. The third-order valence-corrected chi connectivity index (χ3v) is 14.1. The minimum atomic E-state index is -1.29. The number of aryl methyl sites for hydroxylation is 1. The van der Waals surface area contributed by atoms with E-state index in [2.05, 4.69) is 26.6 Å². The van der Waals surface area contributed by atoms with Crippen molar-refractivity contribution < 1.29 is 43.1 Å². The van der Waals surface area contributed by atoms with Crippen LogP contribution < -0.4 is 34.3 Å². The summed E-state index contributed by atoms with van der Waals surface area (Å²) in [4.78, 5) is 33.5. The summed E-state index contributed by atoms with van der Waals surface area (Å²) in [6, 6.07) is 7.74. The lowest BCUT2D eigenvalue weighted by Crippen LogP contribution is -2.69. The van der Waals surface area contributed by atoms with Gasteiger partial charge < -0.3 is 43.8 Å². The summed E-state index contributed by atoms with van der Waals surface area (Å²) in [6.45, 7) is 5.45. The fourth-order valence-corrected chi connectivity index (χ4v) is 12.0. The highest BCUT2D eigenvalue weighted by molar-refractivity contribution is 7.99. The molecule has 0 radical (unpaired) electrons. The van der Waals surface area contributed by atoms with Crippen LogP contribution in [0.1, 0.15) is 68.9 Å². The lowest BCUT2D eigenvalue weighted by molar-refractivity contribution is -0.155. The first kappa shape index (κ1) is 35.3. The van der Waals surface area contributed by atoms with Gasteiger partial charge in [-0.25, -0.2) is 4.79 Å². The number of aromatic amines is 1. The molecule has 0 saturated carbocycles. The SMILES string of the molecule is COc1ccc2[nH]c3c(c2c1)CCN[C@]31CS[C@@H]2c3c(OC(C)=O)c(C)c4c(c3[C@H](COC1=O)N1C2C2NC(Cc3cc(C)c(OC)c(O)c32)[C@@H]1C#N)OCO4. The molecule has 4 aromatic rings. The quantitative estimate of drug-likeness (QED) is 0.170. The first-order valence-electron chi connectivity index (χ1n) is 18.8. The Bertz CT molecular complexity index is 2430. The Morgan fingerprint density at radius 2 is 1.91 bits per heavy atom. The molecule has 15 heteroatoms. The summed E-state index contributed by atoms with van der Waals surface area (Å²) in [6.07, 6.45) is 1.16. The van der Waals surface area contributed by atoms with Gasteiger partial charge in [-0.3, -0.25) is 15.0 Å². The van der Waals surface area contributed by atoms with Crippen LogP contribution >= 0.6 is 11.8 Å². The van der Waals surface area contributed by atoms with E-state index in [1.807, 2.05) is 38.1 Å². The van der Waals surface area contributed by atoms with Gasteiger partial charge in [0, 0.05) is 64.5 Å². The van der Waals surface area contributed by atoms with E-state index in [1.54, 1.807) is 14.2 Å². The van der Waals surface area contributed by atoms with Gasteiger partial charge in [0.25, 0.3) is 0 Å². The molecular weight excluding hydrogens is 739 g/mol. The number of nitrogens with one attached hydrogen (secondary N) is 3. The number of esters is 2. The summed E-state index contributed by atoms with van der Waals surface area (Å²) >= 11 is 1.52. The monoisotopic (exact) mass is 779 g/mol. The van der Waals surface area contributed by atoms with Crippen LogP contribution in [0.2, 0.25) is 0 Å². The standard InChI is InChI=1S/C41H41N5O9S/c1-17-10-20-11-25-26(13-42)46-27-14-52-40(49)41(39-22(8-9-43-41)23-12-21(50-4)6-7-24(23)45-39)15-56-38(32(46)31(44-25)28(20)33(48)34(17)51-5)30-29(27)37-36(53-16-54-37)18(2)35(30)55-19(3)47/h6-7,10,12,25-27,31-32,38,43-45,48H,8-9,11,14-16H2,1-5H3/t25?,26-,27-,31?,32?,38+,41+/m0/s1. The molecular formula is C41H41N5O9S. The van der Waals surface area contributed by atoms with Crippen molar-refractivity contribution in [3.63, 3.8) is 0 Å². The molecule has 2 fully saturated rings. The van der Waals surface area contributed by atoms with Gasteiger partial charge in [-0.05, 0) is 61.6 Å². The Kier molecular flexibility index (Phi) is 7.99. The fraction of sp³-hybridized carbons (Fsp3) is 0.439. The maximum Gasteiger partial charge on any atom is 0.333 e. The molecule has 7 atom stereocenters. The van der Waals surface area contributed by atoms with E-state index in [9.17, 15) is 20.0 Å². The van der Waals surface area contributed by atoms with E-state index in [0.29, 0.717) is 70.4 Å². The van der Waals surface area contributed by atoms with E-state index in [4.69, 9.17) is 28.4 Å². The van der Waals surface area contributed by atoms with E-state index >= 15 is 0 Å². The molecule has 7 aliphatic rings. The molecule has 1 aromatic heterocycles. The number of phenolic OH excluding ortho intramolecular Hbond substituents is 1. The number of nitriles is 1. The average Bonchev–Trinajstić information content (AvgIpc) is 3.83. The van der Waals surface area contributed by atoms with Crippen molar-refractivity contribution in [3.05, 3.63) is 68.9 Å². The Morgan fingerprint density at radius 1 is 1.09 bits per heavy atom. The predicted octanol–water partition coefficient (Wildman–Crippen LogP) is 4.42. The zero-order valence-electron chi connectivity index (χ0n) is 31.5. The van der Waals surface area contributed by atoms with Crippen molar-refractivity contribution in [1.29, 1.82) is 5.26 Å². The Labute approximate surface area is 326 Å². The van der Waals surface area contributed by atoms with Gasteiger partial charge in [-0.15, -0.1) is 11.8 Å². The predicted molar refractivity (Wildman–Crippen MR) is 204 cm³/mol. The van der Waals surface area contributed by atoms with Gasteiger partial charge in [0.15, 0.2) is 28.5 Å². The van der Waals surface area contributed by atoms with Crippen molar-refractivity contribution in [3.8, 4) is 40.6 Å². The van der Waals surface area contributed by atoms with Crippen LogP contribution in [0.15, 0.2) is 24.3 Å². The molecule has 56 heavy (non-hydrogen) atoms. The van der Waals surface area contributed by atoms with Crippen molar-refractivity contribution in [2.24, 2.45) is 0 Å². The number of hydrogen-bond donors (Lipinski definition) is 4. The highest BCUT2D eigenvalue weighted by Crippen LogP contribution is 2.63. The minimum Gasteiger partial charge on any atom is -0.504 e. The van der Waals surface area contributed by atoms with Crippen LogP contribution in [0, 0.1) is 25.2 Å². The van der Waals surface area contributed by atoms with Gasteiger partial charge in [0.05, 0.1) is 43.3 Å². The number of methoxy groups -OCH3 is 2. The second-order valence-corrected chi connectivity index (χ2v) is 16.5. The number of carbonyl (C=O) groups excluding carboxylic acids is 2. The smallest absolute Gasteiger partial charge is 0.333 e. The molecule has 3 aromatic carbocycles. The summed E-state index contributed by atoms with van der Waals surface area (Å²) in [5, 5.41) is 30.8. The van der Waals surface area contributed by atoms with Crippen molar-refractivity contribution in [2.45, 2.75) is 74.6 Å². The number of fused-ring (bicyclic) bond motifs is 11. The third kappa shape index (κ3) is 4.73. The Balaban J connectivity index is 1.23. The van der Waals surface area contributed by atoms with Gasteiger partial charge in [-0.1, -0.05) is 6.07 Å². The lowest BCUT2D eigenvalue weighted by atomic mass is 9.72. The molecule has 3 unspecified atom stereocenters. The Hall–Kier alpha value is -5.14. The second kappa shape index (κ2) is 12.7. The number of H-pyrrole nitrogens is 1.